The van der Waals surface area contributed by atoms with Gasteiger partial charge in [-0.3, -0.25) is 4.79 Å². The Hall–Kier alpha value is -2.05. The van der Waals surface area contributed by atoms with Crippen molar-refractivity contribution in [1.29, 1.82) is 0 Å². The summed E-state index contributed by atoms with van der Waals surface area (Å²) in [5, 5.41) is 3.50. The van der Waals surface area contributed by atoms with Crippen LogP contribution in [0, 0.1) is 6.92 Å². The fraction of sp³-hybridized carbons (Fsp3) is 0.316. The van der Waals surface area contributed by atoms with Crippen LogP contribution in [0.5, 0.6) is 5.75 Å². The fourth-order valence-electron chi connectivity index (χ4n) is 2.37. The van der Waals surface area contributed by atoms with Gasteiger partial charge in [-0.2, -0.15) is 0 Å². The van der Waals surface area contributed by atoms with Crippen LogP contribution in [0.2, 0.25) is 5.02 Å². The van der Waals surface area contributed by atoms with Gasteiger partial charge in [0.05, 0.1) is 10.9 Å². The number of benzene rings is 2. The number of hydrogen-bond acceptors (Lipinski definition) is 4. The van der Waals surface area contributed by atoms with Crippen LogP contribution < -0.4 is 10.1 Å². The highest BCUT2D eigenvalue weighted by molar-refractivity contribution is 7.90. The van der Waals surface area contributed by atoms with E-state index in [0.29, 0.717) is 10.8 Å². The molecule has 0 saturated heterocycles. The molecule has 140 valence electrons. The Balaban J connectivity index is 2.00. The topological polar surface area (TPSA) is 72.5 Å². The van der Waals surface area contributed by atoms with Crippen molar-refractivity contribution in [3.63, 3.8) is 0 Å². The first-order valence-corrected chi connectivity index (χ1v) is 10.4. The monoisotopic (exact) mass is 395 g/mol. The van der Waals surface area contributed by atoms with Crippen molar-refractivity contribution in [2.45, 2.75) is 37.8 Å². The van der Waals surface area contributed by atoms with E-state index in [0.717, 1.165) is 17.4 Å². The van der Waals surface area contributed by atoms with Crippen molar-refractivity contribution < 1.29 is 17.9 Å². The van der Waals surface area contributed by atoms with E-state index in [1.807, 2.05) is 13.8 Å². The highest BCUT2D eigenvalue weighted by Crippen LogP contribution is 2.22. The summed E-state index contributed by atoms with van der Waals surface area (Å²) in [6.07, 6.45) is 0.471. The van der Waals surface area contributed by atoms with E-state index >= 15 is 0 Å². The van der Waals surface area contributed by atoms with E-state index < -0.39 is 15.9 Å². The van der Waals surface area contributed by atoms with Crippen molar-refractivity contribution in [2.24, 2.45) is 0 Å². The van der Waals surface area contributed by atoms with Gasteiger partial charge >= 0.3 is 0 Å². The van der Waals surface area contributed by atoms with E-state index in [-0.39, 0.29) is 16.8 Å². The zero-order chi connectivity index (χ0) is 19.5. The Kier molecular flexibility index (Phi) is 6.31. The number of nitrogens with one attached hydrogen (secondary N) is 1. The molecule has 0 aromatic heterocycles. The smallest absolute Gasteiger partial charge is 0.261 e. The lowest BCUT2D eigenvalue weighted by molar-refractivity contribution is -0.127. The second-order valence-electron chi connectivity index (χ2n) is 6.24. The third kappa shape index (κ3) is 5.22. The van der Waals surface area contributed by atoms with Gasteiger partial charge in [0.15, 0.2) is 15.9 Å². The quantitative estimate of drug-likeness (QED) is 0.809. The van der Waals surface area contributed by atoms with Crippen LogP contribution in [-0.4, -0.2) is 26.7 Å². The van der Waals surface area contributed by atoms with Crippen LogP contribution in [0.1, 0.15) is 31.0 Å². The number of carbonyl (C=O) groups excluding carboxylic acids is 1. The summed E-state index contributed by atoms with van der Waals surface area (Å²) < 4.78 is 28.7. The van der Waals surface area contributed by atoms with E-state index in [9.17, 15) is 13.2 Å². The molecule has 1 amide bonds. The predicted molar refractivity (Wildman–Crippen MR) is 102 cm³/mol. The molecule has 1 N–H and O–H groups in total. The Morgan fingerprint density at radius 2 is 1.73 bits per heavy atom. The summed E-state index contributed by atoms with van der Waals surface area (Å²) >= 11 is 5.98. The van der Waals surface area contributed by atoms with Crippen molar-refractivity contribution in [3.8, 4) is 5.75 Å². The molecule has 2 aromatic rings. The number of rotatable bonds is 6. The normalized spacial score (nSPS) is 13.7. The second-order valence-corrected chi connectivity index (χ2v) is 8.67. The molecule has 0 heterocycles. The van der Waals surface area contributed by atoms with Crippen LogP contribution in [0.3, 0.4) is 0 Å². The lowest BCUT2D eigenvalue weighted by atomic mass is 10.1. The van der Waals surface area contributed by atoms with Gasteiger partial charge in [-0.25, -0.2) is 8.42 Å². The summed E-state index contributed by atoms with van der Waals surface area (Å²) in [4.78, 5) is 12.6. The van der Waals surface area contributed by atoms with Crippen LogP contribution in [0.15, 0.2) is 47.4 Å². The number of halogens is 1. The minimum Gasteiger partial charge on any atom is -0.481 e. The molecule has 2 aromatic carbocycles. The Morgan fingerprint density at radius 3 is 2.27 bits per heavy atom. The molecular formula is C19H22ClNO4S. The van der Waals surface area contributed by atoms with Crippen molar-refractivity contribution in [2.75, 3.05) is 6.26 Å². The maximum atomic E-state index is 12.4. The molecule has 0 spiro atoms. The molecule has 0 saturated carbocycles. The molecule has 0 bridgehead atoms. The number of aryl methyl sites for hydroxylation is 1. The summed E-state index contributed by atoms with van der Waals surface area (Å²) in [6, 6.07) is 11.4. The minimum absolute atomic E-state index is 0.245. The third-order valence-electron chi connectivity index (χ3n) is 3.98. The number of carbonyl (C=O) groups is 1. The van der Waals surface area contributed by atoms with Gasteiger partial charge in [-0.05, 0) is 62.2 Å². The van der Waals surface area contributed by atoms with Crippen LogP contribution in [0.25, 0.3) is 0 Å². The molecule has 2 rings (SSSR count). The Bertz CT molecular complexity index is 894. The van der Waals surface area contributed by atoms with Crippen LogP contribution in [0.4, 0.5) is 0 Å². The summed E-state index contributed by atoms with van der Waals surface area (Å²) in [5.74, 6) is 0.303. The van der Waals surface area contributed by atoms with Crippen LogP contribution in [-0.2, 0) is 14.6 Å². The number of sulfone groups is 1. The predicted octanol–water partition coefficient (Wildman–Crippen LogP) is 3.70. The van der Waals surface area contributed by atoms with Gasteiger partial charge < -0.3 is 10.1 Å². The maximum absolute atomic E-state index is 12.4. The van der Waals surface area contributed by atoms with E-state index in [1.165, 1.54) is 12.1 Å². The fourth-order valence-corrected chi connectivity index (χ4v) is 3.11. The number of amides is 1. The zero-order valence-corrected chi connectivity index (χ0v) is 16.7. The lowest BCUT2D eigenvalue weighted by Gasteiger charge is -2.19. The van der Waals surface area contributed by atoms with Crippen LogP contribution >= 0.6 is 11.6 Å². The minimum atomic E-state index is -3.24. The first-order chi connectivity index (χ1) is 12.1. The number of hydrogen-bond donors (Lipinski definition) is 1. The largest absolute Gasteiger partial charge is 0.481 e. The summed E-state index contributed by atoms with van der Waals surface area (Å²) in [7, 11) is -3.24. The van der Waals surface area contributed by atoms with Gasteiger partial charge in [-0.15, -0.1) is 0 Å². The first-order valence-electron chi connectivity index (χ1n) is 8.11. The highest BCUT2D eigenvalue weighted by atomic mass is 35.5. The lowest BCUT2D eigenvalue weighted by Crippen LogP contribution is -2.37. The standard InChI is InChI=1S/C19H22ClNO4S/c1-12-11-16(7-10-18(12)20)25-14(3)19(22)21-13(2)15-5-8-17(9-6-15)26(4,23)24/h5-11,13-14H,1-4H3,(H,21,22)/t13-,14+/m0/s1. The van der Waals surface area contributed by atoms with Gasteiger partial charge in [0.25, 0.3) is 5.91 Å². The molecule has 2 atom stereocenters. The molecule has 5 nitrogen and oxygen atoms in total. The molecule has 0 aliphatic carbocycles. The summed E-state index contributed by atoms with van der Waals surface area (Å²) in [6.45, 7) is 5.35. The average Bonchev–Trinajstić information content (AvgIpc) is 2.57. The second kappa shape index (κ2) is 8.10. The molecule has 0 radical (unpaired) electrons. The first kappa shape index (κ1) is 20.3. The Morgan fingerprint density at radius 1 is 1.12 bits per heavy atom. The molecule has 26 heavy (non-hydrogen) atoms. The zero-order valence-electron chi connectivity index (χ0n) is 15.1. The average molecular weight is 396 g/mol. The summed E-state index contributed by atoms with van der Waals surface area (Å²) in [5.41, 5.74) is 1.68. The Labute approximate surface area is 159 Å². The molecule has 0 unspecified atom stereocenters. The maximum Gasteiger partial charge on any atom is 0.261 e. The van der Waals surface area contributed by atoms with Gasteiger partial charge in [0, 0.05) is 11.3 Å². The molecule has 0 aliphatic rings. The highest BCUT2D eigenvalue weighted by Gasteiger charge is 2.18. The molecule has 7 heteroatoms. The number of ether oxygens (including phenoxy) is 1. The van der Waals surface area contributed by atoms with E-state index in [4.69, 9.17) is 16.3 Å². The van der Waals surface area contributed by atoms with E-state index in [1.54, 1.807) is 37.3 Å². The van der Waals surface area contributed by atoms with Crippen molar-refractivity contribution in [3.05, 3.63) is 58.6 Å². The molecule has 0 aliphatic heterocycles. The van der Waals surface area contributed by atoms with Crippen molar-refractivity contribution in [1.82, 2.24) is 5.32 Å². The third-order valence-corrected chi connectivity index (χ3v) is 5.53. The van der Waals surface area contributed by atoms with Crippen molar-refractivity contribution >= 4 is 27.3 Å². The van der Waals surface area contributed by atoms with Gasteiger partial charge in [0.2, 0.25) is 0 Å². The molecular weight excluding hydrogens is 374 g/mol. The van der Waals surface area contributed by atoms with Gasteiger partial charge in [0.1, 0.15) is 5.75 Å². The molecule has 0 fully saturated rings. The SMILES string of the molecule is Cc1cc(O[C@H](C)C(=O)N[C@@H](C)c2ccc(S(C)(=O)=O)cc2)ccc1Cl. The van der Waals surface area contributed by atoms with Gasteiger partial charge in [-0.1, -0.05) is 23.7 Å². The van der Waals surface area contributed by atoms with E-state index in [2.05, 4.69) is 5.32 Å².